The third-order valence-electron chi connectivity index (χ3n) is 5.73. The van der Waals surface area contributed by atoms with Crippen molar-refractivity contribution >= 4 is 22.8 Å². The van der Waals surface area contributed by atoms with Crippen LogP contribution in [0.25, 0.3) is 10.9 Å². The third-order valence-corrected chi connectivity index (χ3v) is 5.73. The standard InChI is InChI=1S/C24H27N7O2/c1-15-11-18-19(13-25-15)26-14-27-22(18)33-17-5-6-20-16(12-17)7-9-30(20)23(32)28-21-8-10-31(29-21)24(2,3)4/h5-10,12,14-15,25H,11,13H2,1-4H3,(H,28,29,32)/t15-/m0/s1. The zero-order valence-electron chi connectivity index (χ0n) is 19.2. The van der Waals surface area contributed by atoms with E-state index in [9.17, 15) is 4.79 Å². The van der Waals surface area contributed by atoms with Gasteiger partial charge in [0.15, 0.2) is 5.82 Å². The Morgan fingerprint density at radius 2 is 2.03 bits per heavy atom. The number of hydrogen-bond acceptors (Lipinski definition) is 6. The fraction of sp³-hybridized carbons (Fsp3) is 0.333. The zero-order valence-corrected chi connectivity index (χ0v) is 19.2. The van der Waals surface area contributed by atoms with Gasteiger partial charge in [-0.25, -0.2) is 14.8 Å². The fourth-order valence-corrected chi connectivity index (χ4v) is 3.93. The summed E-state index contributed by atoms with van der Waals surface area (Å²) in [6.07, 6.45) is 5.95. The lowest BCUT2D eigenvalue weighted by Crippen LogP contribution is -2.33. The van der Waals surface area contributed by atoms with Gasteiger partial charge in [-0.2, -0.15) is 5.10 Å². The molecule has 4 aromatic rings. The highest BCUT2D eigenvalue weighted by Crippen LogP contribution is 2.30. The first kappa shape index (κ1) is 21.1. The van der Waals surface area contributed by atoms with Gasteiger partial charge in [-0.3, -0.25) is 14.6 Å². The second-order valence-corrected chi connectivity index (χ2v) is 9.35. The molecule has 33 heavy (non-hydrogen) atoms. The lowest BCUT2D eigenvalue weighted by atomic mass is 10.0. The Hall–Kier alpha value is -3.72. The molecule has 5 rings (SSSR count). The predicted octanol–water partition coefficient (Wildman–Crippen LogP) is 4.29. The summed E-state index contributed by atoms with van der Waals surface area (Å²) >= 11 is 0. The van der Waals surface area contributed by atoms with Gasteiger partial charge in [-0.1, -0.05) is 0 Å². The van der Waals surface area contributed by atoms with Crippen molar-refractivity contribution in [2.24, 2.45) is 0 Å². The summed E-state index contributed by atoms with van der Waals surface area (Å²) in [5.74, 6) is 1.75. The Kier molecular flexibility index (Phi) is 5.13. The van der Waals surface area contributed by atoms with Crippen molar-refractivity contribution in [1.29, 1.82) is 0 Å². The minimum atomic E-state index is -0.274. The number of nitrogens with one attached hydrogen (secondary N) is 2. The summed E-state index contributed by atoms with van der Waals surface area (Å²) in [5, 5.41) is 11.6. The maximum Gasteiger partial charge on any atom is 0.331 e. The molecule has 170 valence electrons. The highest BCUT2D eigenvalue weighted by atomic mass is 16.5. The van der Waals surface area contributed by atoms with Crippen molar-refractivity contribution in [1.82, 2.24) is 29.6 Å². The van der Waals surface area contributed by atoms with E-state index in [1.807, 2.05) is 35.1 Å². The molecule has 0 saturated carbocycles. The number of carbonyl (C=O) groups excluding carboxylic acids is 1. The van der Waals surface area contributed by atoms with E-state index in [0.717, 1.165) is 28.6 Å². The first-order chi connectivity index (χ1) is 15.8. The number of aromatic nitrogens is 5. The van der Waals surface area contributed by atoms with Crippen LogP contribution in [0.4, 0.5) is 10.6 Å². The van der Waals surface area contributed by atoms with E-state index in [1.165, 1.54) is 6.33 Å². The number of anilines is 1. The average molecular weight is 446 g/mol. The van der Waals surface area contributed by atoms with Gasteiger partial charge in [0.1, 0.15) is 12.1 Å². The van der Waals surface area contributed by atoms with Crippen LogP contribution in [0.3, 0.4) is 0 Å². The van der Waals surface area contributed by atoms with E-state index in [4.69, 9.17) is 4.74 Å². The zero-order chi connectivity index (χ0) is 23.2. The van der Waals surface area contributed by atoms with Crippen molar-refractivity contribution in [3.8, 4) is 11.6 Å². The maximum absolute atomic E-state index is 12.9. The van der Waals surface area contributed by atoms with Crippen molar-refractivity contribution in [3.63, 3.8) is 0 Å². The van der Waals surface area contributed by atoms with E-state index in [0.29, 0.717) is 30.0 Å². The van der Waals surface area contributed by atoms with Crippen LogP contribution >= 0.6 is 0 Å². The Morgan fingerprint density at radius 3 is 2.82 bits per heavy atom. The van der Waals surface area contributed by atoms with E-state index < -0.39 is 0 Å². The van der Waals surface area contributed by atoms with Gasteiger partial charge in [-0.05, 0) is 58.4 Å². The molecule has 9 nitrogen and oxygen atoms in total. The molecule has 2 N–H and O–H groups in total. The number of fused-ring (bicyclic) bond motifs is 2. The number of nitrogens with zero attached hydrogens (tertiary/aromatic N) is 5. The minimum Gasteiger partial charge on any atom is -0.439 e. The number of hydrogen-bond donors (Lipinski definition) is 2. The van der Waals surface area contributed by atoms with Gasteiger partial charge in [-0.15, -0.1) is 0 Å². The van der Waals surface area contributed by atoms with Gasteiger partial charge in [0.05, 0.1) is 16.7 Å². The van der Waals surface area contributed by atoms with Gasteiger partial charge in [0.25, 0.3) is 0 Å². The van der Waals surface area contributed by atoms with Crippen LogP contribution in [0.15, 0.2) is 49.1 Å². The summed E-state index contributed by atoms with van der Waals surface area (Å²) in [5.41, 5.74) is 2.63. The monoisotopic (exact) mass is 445 g/mol. The van der Waals surface area contributed by atoms with Crippen molar-refractivity contribution in [2.45, 2.75) is 52.2 Å². The lowest BCUT2D eigenvalue weighted by molar-refractivity contribution is 0.254. The lowest BCUT2D eigenvalue weighted by Gasteiger charge is -2.23. The van der Waals surface area contributed by atoms with Crippen molar-refractivity contribution in [2.75, 3.05) is 5.32 Å². The van der Waals surface area contributed by atoms with E-state index in [2.05, 4.69) is 53.4 Å². The highest BCUT2D eigenvalue weighted by Gasteiger charge is 2.21. The van der Waals surface area contributed by atoms with Gasteiger partial charge in [0, 0.05) is 42.0 Å². The number of ether oxygens (including phenoxy) is 1. The van der Waals surface area contributed by atoms with Crippen LogP contribution in [0.5, 0.6) is 11.6 Å². The molecule has 1 aliphatic heterocycles. The second-order valence-electron chi connectivity index (χ2n) is 9.35. The first-order valence-electron chi connectivity index (χ1n) is 11.0. The molecule has 1 aromatic carbocycles. The Balaban J connectivity index is 1.36. The number of rotatable bonds is 3. The normalized spacial score (nSPS) is 15.9. The molecular formula is C24H27N7O2. The summed E-state index contributed by atoms with van der Waals surface area (Å²) < 4.78 is 9.52. The molecule has 9 heteroatoms. The molecule has 1 atom stereocenters. The SMILES string of the molecule is C[C@H]1Cc2c(ncnc2Oc2ccc3c(ccn3C(=O)Nc3ccn(C(C)(C)C)n3)c2)CN1. The molecule has 3 aromatic heterocycles. The largest absolute Gasteiger partial charge is 0.439 e. The number of benzene rings is 1. The van der Waals surface area contributed by atoms with Crippen LogP contribution < -0.4 is 15.4 Å². The number of carbonyl (C=O) groups is 1. The molecule has 0 fully saturated rings. The summed E-state index contributed by atoms with van der Waals surface area (Å²) in [7, 11) is 0. The molecule has 0 aliphatic carbocycles. The minimum absolute atomic E-state index is 0.156. The van der Waals surface area contributed by atoms with Gasteiger partial charge >= 0.3 is 6.03 Å². The molecular weight excluding hydrogens is 418 g/mol. The summed E-state index contributed by atoms with van der Waals surface area (Å²) in [6.45, 7) is 9.01. The Bertz CT molecular complexity index is 1330. The highest BCUT2D eigenvalue weighted by molar-refractivity contribution is 5.98. The van der Waals surface area contributed by atoms with Gasteiger partial charge < -0.3 is 10.1 Å². The van der Waals surface area contributed by atoms with Crippen LogP contribution in [-0.4, -0.2) is 36.4 Å². The molecule has 0 spiro atoms. The average Bonchev–Trinajstić information content (AvgIpc) is 3.41. The van der Waals surface area contributed by atoms with Crippen LogP contribution in [0, 0.1) is 0 Å². The molecule has 0 unspecified atom stereocenters. The second kappa shape index (κ2) is 8.00. The van der Waals surface area contributed by atoms with Crippen molar-refractivity contribution < 1.29 is 9.53 Å². The van der Waals surface area contributed by atoms with Crippen molar-refractivity contribution in [3.05, 3.63) is 60.3 Å². The molecule has 0 radical (unpaired) electrons. The van der Waals surface area contributed by atoms with Crippen LogP contribution in [-0.2, 0) is 18.5 Å². The molecule has 0 saturated heterocycles. The van der Waals surface area contributed by atoms with Crippen LogP contribution in [0.1, 0.15) is 39.0 Å². The number of amides is 1. The third kappa shape index (κ3) is 4.19. The fourth-order valence-electron chi connectivity index (χ4n) is 3.93. The summed E-state index contributed by atoms with van der Waals surface area (Å²) in [4.78, 5) is 21.6. The smallest absolute Gasteiger partial charge is 0.331 e. The predicted molar refractivity (Wildman–Crippen MR) is 126 cm³/mol. The van der Waals surface area contributed by atoms with E-state index in [1.54, 1.807) is 16.8 Å². The first-order valence-corrected chi connectivity index (χ1v) is 11.0. The molecule has 0 bridgehead atoms. The Labute approximate surface area is 191 Å². The van der Waals surface area contributed by atoms with Crippen LogP contribution in [0.2, 0.25) is 0 Å². The maximum atomic E-state index is 12.9. The summed E-state index contributed by atoms with van der Waals surface area (Å²) in [6, 6.07) is 9.37. The van der Waals surface area contributed by atoms with E-state index >= 15 is 0 Å². The van der Waals surface area contributed by atoms with Gasteiger partial charge in [0.2, 0.25) is 5.88 Å². The Morgan fingerprint density at radius 1 is 1.18 bits per heavy atom. The van der Waals surface area contributed by atoms with E-state index in [-0.39, 0.29) is 11.6 Å². The molecule has 1 amide bonds. The topological polar surface area (TPSA) is 98.9 Å². The quantitative estimate of drug-likeness (QED) is 0.488. The molecule has 1 aliphatic rings. The molecule has 4 heterocycles.